The highest BCUT2D eigenvalue weighted by atomic mass is 79.9. The summed E-state index contributed by atoms with van der Waals surface area (Å²) in [6.45, 7) is -0.143. The molecule has 2 rings (SSSR count). The fraction of sp³-hybridized carbons (Fsp3) is 0.154. The largest absolute Gasteiger partial charge is 0.344 e. The summed E-state index contributed by atoms with van der Waals surface area (Å²) in [4.78, 5) is 36.4. The average Bonchev–Trinajstić information content (AvgIpc) is 2.63. The topological polar surface area (TPSA) is 66.5 Å². The second-order valence-electron chi connectivity index (χ2n) is 3.84. The van der Waals surface area contributed by atoms with Crippen LogP contribution in [0.5, 0.6) is 0 Å². The van der Waals surface area contributed by atoms with Gasteiger partial charge in [-0.3, -0.25) is 19.3 Å². The van der Waals surface area contributed by atoms with Crippen molar-refractivity contribution in [2.45, 2.75) is 0 Å². The SMILES string of the molecule is C#CCNC(=O)CN1C(=O)C(=O)c2c(Br)cccc21. The molecule has 0 spiro atoms. The number of terminal acetylenes is 1. The molecule has 6 heteroatoms. The van der Waals surface area contributed by atoms with Crippen molar-refractivity contribution < 1.29 is 14.4 Å². The molecule has 1 aliphatic heterocycles. The number of rotatable bonds is 3. The summed E-state index contributed by atoms with van der Waals surface area (Å²) in [5.74, 6) is 0.523. The van der Waals surface area contributed by atoms with Gasteiger partial charge < -0.3 is 5.32 Å². The van der Waals surface area contributed by atoms with Gasteiger partial charge in [-0.15, -0.1) is 6.42 Å². The Kier molecular flexibility index (Phi) is 3.67. The van der Waals surface area contributed by atoms with Crippen molar-refractivity contribution >= 4 is 39.2 Å². The summed E-state index contributed by atoms with van der Waals surface area (Å²) < 4.78 is 0.537. The van der Waals surface area contributed by atoms with E-state index in [1.165, 1.54) is 0 Å². The van der Waals surface area contributed by atoms with Gasteiger partial charge in [-0.25, -0.2) is 0 Å². The van der Waals surface area contributed by atoms with E-state index in [1.807, 2.05) is 0 Å². The molecule has 0 atom stereocenters. The van der Waals surface area contributed by atoms with Crippen molar-refractivity contribution in [2.24, 2.45) is 0 Å². The monoisotopic (exact) mass is 320 g/mol. The van der Waals surface area contributed by atoms with Crippen LogP contribution in [0.4, 0.5) is 5.69 Å². The molecule has 2 amide bonds. The molecule has 19 heavy (non-hydrogen) atoms. The van der Waals surface area contributed by atoms with Crippen LogP contribution in [0.3, 0.4) is 0 Å². The molecule has 1 N–H and O–H groups in total. The van der Waals surface area contributed by atoms with Gasteiger partial charge in [-0.1, -0.05) is 12.0 Å². The van der Waals surface area contributed by atoms with Crippen molar-refractivity contribution in [1.82, 2.24) is 5.32 Å². The third-order valence-electron chi connectivity index (χ3n) is 2.64. The van der Waals surface area contributed by atoms with Crippen LogP contribution in [0.1, 0.15) is 10.4 Å². The van der Waals surface area contributed by atoms with Crippen LogP contribution in [0.2, 0.25) is 0 Å². The zero-order chi connectivity index (χ0) is 14.0. The summed E-state index contributed by atoms with van der Waals surface area (Å²) in [7, 11) is 0. The Morgan fingerprint density at radius 3 is 2.84 bits per heavy atom. The minimum absolute atomic E-state index is 0.0835. The third-order valence-corrected chi connectivity index (χ3v) is 3.30. The molecule has 0 aromatic heterocycles. The number of fused-ring (bicyclic) bond motifs is 1. The van der Waals surface area contributed by atoms with Crippen molar-refractivity contribution in [3.05, 3.63) is 28.2 Å². The van der Waals surface area contributed by atoms with Gasteiger partial charge in [0.25, 0.3) is 11.7 Å². The highest BCUT2D eigenvalue weighted by Gasteiger charge is 2.38. The number of amides is 2. The molecule has 0 saturated heterocycles. The first-order valence-electron chi connectivity index (χ1n) is 5.41. The van der Waals surface area contributed by atoms with Crippen LogP contribution in [0, 0.1) is 12.3 Å². The number of carbonyl (C=O) groups excluding carboxylic acids is 3. The number of nitrogens with one attached hydrogen (secondary N) is 1. The lowest BCUT2D eigenvalue weighted by molar-refractivity contribution is -0.121. The fourth-order valence-corrected chi connectivity index (χ4v) is 2.34. The molecular weight excluding hydrogens is 312 g/mol. The van der Waals surface area contributed by atoms with E-state index in [0.717, 1.165) is 4.90 Å². The maximum absolute atomic E-state index is 11.9. The fourth-order valence-electron chi connectivity index (χ4n) is 1.81. The number of benzene rings is 1. The smallest absolute Gasteiger partial charge is 0.299 e. The molecular formula is C13H9BrN2O3. The van der Waals surface area contributed by atoms with E-state index in [2.05, 4.69) is 27.2 Å². The van der Waals surface area contributed by atoms with Crippen LogP contribution in [0.15, 0.2) is 22.7 Å². The van der Waals surface area contributed by atoms with E-state index < -0.39 is 17.6 Å². The number of hydrogen-bond acceptors (Lipinski definition) is 3. The van der Waals surface area contributed by atoms with Gasteiger partial charge in [-0.2, -0.15) is 0 Å². The molecule has 0 aliphatic carbocycles. The van der Waals surface area contributed by atoms with Crippen LogP contribution in [0.25, 0.3) is 0 Å². The molecule has 96 valence electrons. The second kappa shape index (κ2) is 5.24. The average molecular weight is 321 g/mol. The Labute approximate surface area is 118 Å². The molecule has 0 saturated carbocycles. The molecule has 5 nitrogen and oxygen atoms in total. The molecule has 0 unspecified atom stereocenters. The van der Waals surface area contributed by atoms with Gasteiger partial charge >= 0.3 is 0 Å². The molecule has 0 radical (unpaired) electrons. The Balaban J connectivity index is 2.27. The standard InChI is InChI=1S/C13H9BrN2O3/c1-2-6-15-10(17)7-16-9-5-3-4-8(14)11(9)12(18)13(16)19/h1,3-5H,6-7H2,(H,15,17). The Morgan fingerprint density at radius 2 is 2.16 bits per heavy atom. The predicted molar refractivity (Wildman–Crippen MR) is 72.7 cm³/mol. The second-order valence-corrected chi connectivity index (χ2v) is 4.69. The number of ketones is 1. The summed E-state index contributed by atoms with van der Waals surface area (Å²) in [5, 5.41) is 2.45. The summed E-state index contributed by atoms with van der Waals surface area (Å²) in [6.07, 6.45) is 5.03. The van der Waals surface area contributed by atoms with Gasteiger partial charge in [-0.05, 0) is 28.1 Å². The van der Waals surface area contributed by atoms with E-state index in [0.29, 0.717) is 10.2 Å². The van der Waals surface area contributed by atoms with Crippen molar-refractivity contribution in [2.75, 3.05) is 18.0 Å². The third kappa shape index (κ3) is 2.37. The molecule has 1 aromatic carbocycles. The van der Waals surface area contributed by atoms with Gasteiger partial charge in [0.15, 0.2) is 0 Å². The highest BCUT2D eigenvalue weighted by molar-refractivity contribution is 9.10. The first-order valence-corrected chi connectivity index (χ1v) is 6.20. The molecule has 1 aromatic rings. The van der Waals surface area contributed by atoms with Crippen molar-refractivity contribution in [3.8, 4) is 12.3 Å². The molecule has 0 bridgehead atoms. The zero-order valence-corrected chi connectivity index (χ0v) is 11.4. The first-order chi connectivity index (χ1) is 9.06. The van der Waals surface area contributed by atoms with Gasteiger partial charge in [0.05, 0.1) is 17.8 Å². The lowest BCUT2D eigenvalue weighted by Gasteiger charge is -2.15. The van der Waals surface area contributed by atoms with Gasteiger partial charge in [0.2, 0.25) is 5.91 Å². The lowest BCUT2D eigenvalue weighted by atomic mass is 10.1. The minimum atomic E-state index is -0.710. The molecule has 1 aliphatic rings. The maximum atomic E-state index is 11.9. The quantitative estimate of drug-likeness (QED) is 0.659. The van der Waals surface area contributed by atoms with E-state index >= 15 is 0 Å². The van der Waals surface area contributed by atoms with Gasteiger partial charge in [0.1, 0.15) is 6.54 Å². The summed E-state index contributed by atoms with van der Waals surface area (Å²) >= 11 is 3.22. The van der Waals surface area contributed by atoms with E-state index in [1.54, 1.807) is 18.2 Å². The maximum Gasteiger partial charge on any atom is 0.299 e. The Hall–Kier alpha value is -2.13. The summed E-state index contributed by atoms with van der Waals surface area (Å²) in [6, 6.07) is 4.99. The number of nitrogens with zero attached hydrogens (tertiary/aromatic N) is 1. The Bertz CT molecular complexity index is 619. The number of anilines is 1. The van der Waals surface area contributed by atoms with Crippen molar-refractivity contribution in [1.29, 1.82) is 0 Å². The van der Waals surface area contributed by atoms with Crippen LogP contribution < -0.4 is 10.2 Å². The minimum Gasteiger partial charge on any atom is -0.344 e. The number of hydrogen-bond donors (Lipinski definition) is 1. The number of Topliss-reactive ketones (excluding diaryl/α,β-unsaturated/α-hetero) is 1. The van der Waals surface area contributed by atoms with Crippen LogP contribution >= 0.6 is 15.9 Å². The molecule has 1 heterocycles. The lowest BCUT2D eigenvalue weighted by Crippen LogP contribution is -2.40. The van der Waals surface area contributed by atoms with Gasteiger partial charge in [0, 0.05) is 4.47 Å². The Morgan fingerprint density at radius 1 is 1.42 bits per heavy atom. The normalized spacial score (nSPS) is 13.2. The van der Waals surface area contributed by atoms with E-state index in [-0.39, 0.29) is 18.7 Å². The first kappa shape index (κ1) is 13.3. The van der Waals surface area contributed by atoms with Crippen molar-refractivity contribution in [3.63, 3.8) is 0 Å². The van der Waals surface area contributed by atoms with Crippen LogP contribution in [-0.4, -0.2) is 30.7 Å². The van der Waals surface area contributed by atoms with Crippen LogP contribution in [-0.2, 0) is 9.59 Å². The number of carbonyl (C=O) groups is 3. The summed E-state index contributed by atoms with van der Waals surface area (Å²) in [5.41, 5.74) is 0.720. The number of halogens is 1. The predicted octanol–water partition coefficient (Wildman–Crippen LogP) is 0.728. The zero-order valence-electron chi connectivity index (χ0n) is 9.77. The van der Waals surface area contributed by atoms with E-state index in [4.69, 9.17) is 6.42 Å². The molecule has 0 fully saturated rings. The highest BCUT2D eigenvalue weighted by Crippen LogP contribution is 2.33. The van der Waals surface area contributed by atoms with E-state index in [9.17, 15) is 14.4 Å².